The molecule has 1 heterocycles. The fourth-order valence-corrected chi connectivity index (χ4v) is 1.96. The van der Waals surface area contributed by atoms with Gasteiger partial charge < -0.3 is 19.5 Å². The Labute approximate surface area is 116 Å². The predicted octanol–water partition coefficient (Wildman–Crippen LogP) is 1.50. The van der Waals surface area contributed by atoms with Crippen LogP contribution < -0.4 is 0 Å². The van der Waals surface area contributed by atoms with Gasteiger partial charge in [-0.25, -0.2) is 9.59 Å². The van der Waals surface area contributed by atoms with Gasteiger partial charge in [-0.2, -0.15) is 0 Å². The molecule has 0 aliphatic carbocycles. The largest absolute Gasteiger partial charge is 0.479 e. The van der Waals surface area contributed by atoms with Gasteiger partial charge in [0.2, 0.25) is 0 Å². The Morgan fingerprint density at radius 1 is 1.30 bits per heavy atom. The van der Waals surface area contributed by atoms with Crippen molar-refractivity contribution >= 4 is 12.1 Å². The van der Waals surface area contributed by atoms with Crippen molar-refractivity contribution in [2.45, 2.75) is 19.1 Å². The van der Waals surface area contributed by atoms with Crippen molar-refractivity contribution < 1.29 is 24.2 Å². The third-order valence-electron chi connectivity index (χ3n) is 3.08. The van der Waals surface area contributed by atoms with Gasteiger partial charge in [0.15, 0.2) is 6.10 Å². The number of carbonyl (C=O) groups excluding carboxylic acids is 1. The van der Waals surface area contributed by atoms with Crippen LogP contribution in [-0.4, -0.2) is 47.9 Å². The van der Waals surface area contributed by atoms with Gasteiger partial charge in [-0.3, -0.25) is 0 Å². The molecule has 1 aliphatic heterocycles. The Bertz CT molecular complexity index is 462. The van der Waals surface area contributed by atoms with E-state index in [-0.39, 0.29) is 19.6 Å². The number of aliphatic carboxylic acids is 1. The molecule has 0 aromatic heterocycles. The van der Waals surface area contributed by atoms with Crippen LogP contribution in [0.2, 0.25) is 0 Å². The van der Waals surface area contributed by atoms with Crippen molar-refractivity contribution in [3.8, 4) is 0 Å². The second-order valence-corrected chi connectivity index (χ2v) is 4.51. The average molecular weight is 279 g/mol. The van der Waals surface area contributed by atoms with Crippen LogP contribution in [0.4, 0.5) is 4.79 Å². The molecule has 6 nitrogen and oxygen atoms in total. The maximum Gasteiger partial charge on any atom is 0.410 e. The van der Waals surface area contributed by atoms with E-state index < -0.39 is 18.2 Å². The number of nitrogens with zero attached hydrogens (tertiary/aromatic N) is 1. The van der Waals surface area contributed by atoms with Gasteiger partial charge >= 0.3 is 12.1 Å². The van der Waals surface area contributed by atoms with Gasteiger partial charge in [0.05, 0.1) is 6.61 Å². The van der Waals surface area contributed by atoms with Crippen molar-refractivity contribution in [1.82, 2.24) is 4.90 Å². The average Bonchev–Trinajstić information content (AvgIpc) is 2.72. The van der Waals surface area contributed by atoms with Crippen LogP contribution in [0.5, 0.6) is 0 Å². The molecule has 20 heavy (non-hydrogen) atoms. The summed E-state index contributed by atoms with van der Waals surface area (Å²) in [5, 5.41) is 8.88. The maximum atomic E-state index is 11.9. The third kappa shape index (κ3) is 3.96. The van der Waals surface area contributed by atoms with Crippen molar-refractivity contribution in [2.24, 2.45) is 0 Å². The molecule has 0 bridgehead atoms. The van der Waals surface area contributed by atoms with E-state index >= 15 is 0 Å². The number of carboxylic acid groups (broad SMARTS) is 1. The second-order valence-electron chi connectivity index (χ2n) is 4.51. The van der Waals surface area contributed by atoms with Crippen LogP contribution in [-0.2, 0) is 20.9 Å². The van der Waals surface area contributed by atoms with Crippen LogP contribution >= 0.6 is 0 Å². The molecule has 2 rings (SSSR count). The van der Waals surface area contributed by atoms with E-state index in [0.29, 0.717) is 13.1 Å². The summed E-state index contributed by atoms with van der Waals surface area (Å²) >= 11 is 0. The fraction of sp³-hybridized carbons (Fsp3) is 0.429. The van der Waals surface area contributed by atoms with Gasteiger partial charge in [-0.05, 0) is 5.56 Å². The highest BCUT2D eigenvalue weighted by atomic mass is 16.6. The first-order valence-corrected chi connectivity index (χ1v) is 6.47. The number of benzene rings is 1. The standard InChI is InChI=1S/C14H17NO5/c16-13(17)12-6-7-15(8-9-19-12)14(18)20-10-11-4-2-1-3-5-11/h1-5,12H,6-10H2,(H,16,17). The molecule has 1 unspecified atom stereocenters. The zero-order chi connectivity index (χ0) is 14.4. The number of carbonyl (C=O) groups is 2. The number of hydrogen-bond donors (Lipinski definition) is 1. The molecule has 1 N–H and O–H groups in total. The number of carboxylic acids is 1. The highest BCUT2D eigenvalue weighted by molar-refractivity contribution is 5.72. The first-order valence-electron chi connectivity index (χ1n) is 6.47. The summed E-state index contributed by atoms with van der Waals surface area (Å²) in [5.74, 6) is -0.996. The molecule has 1 fully saturated rings. The van der Waals surface area contributed by atoms with Crippen LogP contribution in [0.25, 0.3) is 0 Å². The molecule has 108 valence electrons. The van der Waals surface area contributed by atoms with Gasteiger partial charge in [-0.1, -0.05) is 30.3 Å². The Hall–Kier alpha value is -2.08. The van der Waals surface area contributed by atoms with Crippen LogP contribution in [0.3, 0.4) is 0 Å². The fourth-order valence-electron chi connectivity index (χ4n) is 1.96. The minimum absolute atomic E-state index is 0.206. The molecule has 1 atom stereocenters. The molecule has 1 saturated heterocycles. The Balaban J connectivity index is 1.82. The summed E-state index contributed by atoms with van der Waals surface area (Å²) in [6, 6.07) is 9.39. The quantitative estimate of drug-likeness (QED) is 0.907. The lowest BCUT2D eigenvalue weighted by molar-refractivity contribution is -0.149. The van der Waals surface area contributed by atoms with Crippen molar-refractivity contribution in [1.29, 1.82) is 0 Å². The summed E-state index contributed by atoms with van der Waals surface area (Å²) in [4.78, 5) is 24.2. The van der Waals surface area contributed by atoms with E-state index in [0.717, 1.165) is 5.56 Å². The van der Waals surface area contributed by atoms with Crippen LogP contribution in [0.15, 0.2) is 30.3 Å². The Kier molecular flexibility index (Phi) is 4.95. The van der Waals surface area contributed by atoms with Gasteiger partial charge in [-0.15, -0.1) is 0 Å². The van der Waals surface area contributed by atoms with E-state index in [1.54, 1.807) is 0 Å². The minimum Gasteiger partial charge on any atom is -0.479 e. The molecule has 0 saturated carbocycles. The predicted molar refractivity (Wildman–Crippen MR) is 70.2 cm³/mol. The highest BCUT2D eigenvalue weighted by Crippen LogP contribution is 2.10. The zero-order valence-electron chi connectivity index (χ0n) is 11.0. The maximum absolute atomic E-state index is 11.9. The van der Waals surface area contributed by atoms with Gasteiger partial charge in [0.25, 0.3) is 0 Å². The lowest BCUT2D eigenvalue weighted by Gasteiger charge is -2.19. The van der Waals surface area contributed by atoms with Gasteiger partial charge in [0.1, 0.15) is 6.61 Å². The van der Waals surface area contributed by atoms with E-state index in [2.05, 4.69) is 0 Å². The highest BCUT2D eigenvalue weighted by Gasteiger charge is 2.25. The lowest BCUT2D eigenvalue weighted by Crippen LogP contribution is -2.33. The van der Waals surface area contributed by atoms with E-state index in [4.69, 9.17) is 14.6 Å². The second kappa shape index (κ2) is 6.91. The molecule has 0 radical (unpaired) electrons. The van der Waals surface area contributed by atoms with E-state index in [1.807, 2.05) is 30.3 Å². The van der Waals surface area contributed by atoms with E-state index in [9.17, 15) is 9.59 Å². The summed E-state index contributed by atoms with van der Waals surface area (Å²) in [6.07, 6.45) is -1.01. The molecule has 1 amide bonds. The van der Waals surface area contributed by atoms with Crippen LogP contribution in [0, 0.1) is 0 Å². The lowest BCUT2D eigenvalue weighted by atomic mass is 10.2. The van der Waals surface area contributed by atoms with Crippen molar-refractivity contribution in [3.05, 3.63) is 35.9 Å². The monoisotopic (exact) mass is 279 g/mol. The Morgan fingerprint density at radius 2 is 2.05 bits per heavy atom. The molecule has 1 aliphatic rings. The van der Waals surface area contributed by atoms with Crippen LogP contribution in [0.1, 0.15) is 12.0 Å². The van der Waals surface area contributed by atoms with Gasteiger partial charge in [0, 0.05) is 19.5 Å². The molecular weight excluding hydrogens is 262 g/mol. The van der Waals surface area contributed by atoms with Crippen molar-refractivity contribution in [2.75, 3.05) is 19.7 Å². The van der Waals surface area contributed by atoms with Crippen molar-refractivity contribution in [3.63, 3.8) is 0 Å². The summed E-state index contributed by atoms with van der Waals surface area (Å²) in [6.45, 7) is 1.08. The minimum atomic E-state index is -0.996. The summed E-state index contributed by atoms with van der Waals surface area (Å²) in [7, 11) is 0. The number of rotatable bonds is 3. The summed E-state index contributed by atoms with van der Waals surface area (Å²) < 4.78 is 10.4. The third-order valence-corrected chi connectivity index (χ3v) is 3.08. The molecule has 1 aromatic carbocycles. The number of ether oxygens (including phenoxy) is 2. The SMILES string of the molecule is O=C(O)C1CCN(C(=O)OCc2ccccc2)CCO1. The normalized spacial score (nSPS) is 19.2. The molecule has 1 aromatic rings. The topological polar surface area (TPSA) is 76.1 Å². The first-order chi connectivity index (χ1) is 9.66. The molecular formula is C14H17NO5. The smallest absolute Gasteiger partial charge is 0.410 e. The molecule has 0 spiro atoms. The molecule has 6 heteroatoms. The number of amides is 1. The zero-order valence-corrected chi connectivity index (χ0v) is 11.0. The first kappa shape index (κ1) is 14.3. The summed E-state index contributed by atoms with van der Waals surface area (Å²) in [5.41, 5.74) is 0.912. The van der Waals surface area contributed by atoms with E-state index in [1.165, 1.54) is 4.90 Å². The Morgan fingerprint density at radius 3 is 2.75 bits per heavy atom. The number of hydrogen-bond acceptors (Lipinski definition) is 4.